The van der Waals surface area contributed by atoms with Gasteiger partial charge in [-0.15, -0.1) is 0 Å². The van der Waals surface area contributed by atoms with Crippen LogP contribution in [0.3, 0.4) is 0 Å². The van der Waals surface area contributed by atoms with Gasteiger partial charge in [-0.3, -0.25) is 0 Å². The number of carbonyl (C=O) groups excluding carboxylic acids is 1. The lowest BCUT2D eigenvalue weighted by Crippen LogP contribution is -2.01. The number of methoxy groups -OCH3 is 1. The highest BCUT2D eigenvalue weighted by atomic mass is 16.5. The molecule has 0 spiro atoms. The lowest BCUT2D eigenvalue weighted by Gasteiger charge is -2.05. The maximum atomic E-state index is 11.4. The van der Waals surface area contributed by atoms with E-state index in [-0.39, 0.29) is 5.97 Å². The Morgan fingerprint density at radius 1 is 1.27 bits per heavy atom. The second-order valence-corrected chi connectivity index (χ2v) is 3.35. The second-order valence-electron chi connectivity index (χ2n) is 3.35. The zero-order valence-electron chi connectivity index (χ0n) is 8.49. The van der Waals surface area contributed by atoms with Gasteiger partial charge in [-0.05, 0) is 35.4 Å². The fourth-order valence-electron chi connectivity index (χ4n) is 1.63. The molecule has 0 amide bonds. The molecular formula is C13H11O2. The summed E-state index contributed by atoms with van der Waals surface area (Å²) in [4.78, 5) is 11.4. The molecule has 15 heavy (non-hydrogen) atoms. The van der Waals surface area contributed by atoms with Crippen LogP contribution in [0.4, 0.5) is 0 Å². The molecule has 0 aromatic heterocycles. The van der Waals surface area contributed by atoms with E-state index in [1.54, 1.807) is 6.07 Å². The zero-order chi connectivity index (χ0) is 10.8. The molecule has 2 rings (SSSR count). The molecule has 75 valence electrons. The zero-order valence-corrected chi connectivity index (χ0v) is 8.49. The van der Waals surface area contributed by atoms with Crippen molar-refractivity contribution in [2.45, 2.75) is 0 Å². The summed E-state index contributed by atoms with van der Waals surface area (Å²) in [5.41, 5.74) is 1.38. The highest BCUT2D eigenvalue weighted by molar-refractivity contribution is 5.97. The van der Waals surface area contributed by atoms with Crippen LogP contribution in [0.1, 0.15) is 15.9 Å². The van der Waals surface area contributed by atoms with Crippen molar-refractivity contribution >= 4 is 16.7 Å². The first-order chi connectivity index (χ1) is 7.22. The van der Waals surface area contributed by atoms with E-state index >= 15 is 0 Å². The van der Waals surface area contributed by atoms with Crippen molar-refractivity contribution in [2.75, 3.05) is 7.11 Å². The van der Waals surface area contributed by atoms with Crippen LogP contribution in [0.5, 0.6) is 0 Å². The molecule has 0 aliphatic carbocycles. The summed E-state index contributed by atoms with van der Waals surface area (Å²) in [7, 11) is 1.38. The Hall–Kier alpha value is -1.83. The monoisotopic (exact) mass is 199 g/mol. The first-order valence-corrected chi connectivity index (χ1v) is 4.65. The van der Waals surface area contributed by atoms with Gasteiger partial charge in [-0.1, -0.05) is 24.3 Å². The lowest BCUT2D eigenvalue weighted by molar-refractivity contribution is 0.0601. The molecule has 2 aromatic carbocycles. The van der Waals surface area contributed by atoms with Crippen molar-refractivity contribution < 1.29 is 9.53 Å². The summed E-state index contributed by atoms with van der Waals surface area (Å²) in [6.07, 6.45) is 0. The molecule has 0 aliphatic heterocycles. The lowest BCUT2D eigenvalue weighted by atomic mass is 10.0. The Morgan fingerprint density at radius 2 is 2.00 bits per heavy atom. The predicted octanol–water partition coefficient (Wildman–Crippen LogP) is 2.81. The number of benzene rings is 2. The first-order valence-electron chi connectivity index (χ1n) is 4.65. The standard InChI is InChI=1S/C13H11O2/c1-9-7-11(13(14)15-2)8-10-5-3-4-6-12(9)10/h3-8H,1H2,2H3. The Labute approximate surface area is 88.5 Å². The van der Waals surface area contributed by atoms with Crippen molar-refractivity contribution in [3.8, 4) is 0 Å². The van der Waals surface area contributed by atoms with Gasteiger partial charge in [0.2, 0.25) is 0 Å². The highest BCUT2D eigenvalue weighted by Crippen LogP contribution is 2.20. The predicted molar refractivity (Wildman–Crippen MR) is 59.7 cm³/mol. The smallest absolute Gasteiger partial charge is 0.337 e. The Bertz CT molecular complexity index is 515. The van der Waals surface area contributed by atoms with Gasteiger partial charge < -0.3 is 4.74 Å². The van der Waals surface area contributed by atoms with Gasteiger partial charge in [0, 0.05) is 0 Å². The minimum absolute atomic E-state index is 0.328. The summed E-state index contributed by atoms with van der Waals surface area (Å²) < 4.78 is 4.67. The van der Waals surface area contributed by atoms with Crippen LogP contribution in [0.2, 0.25) is 0 Å². The van der Waals surface area contributed by atoms with Crippen molar-refractivity contribution in [3.05, 3.63) is 54.4 Å². The molecule has 0 saturated heterocycles. The highest BCUT2D eigenvalue weighted by Gasteiger charge is 2.07. The molecular weight excluding hydrogens is 188 g/mol. The van der Waals surface area contributed by atoms with Gasteiger partial charge in [0.25, 0.3) is 0 Å². The molecule has 0 atom stereocenters. The van der Waals surface area contributed by atoms with Crippen LogP contribution in [0.25, 0.3) is 10.8 Å². The summed E-state index contributed by atoms with van der Waals surface area (Å²) in [6.45, 7) is 3.92. The van der Waals surface area contributed by atoms with E-state index < -0.39 is 0 Å². The van der Waals surface area contributed by atoms with Crippen molar-refractivity contribution in [1.82, 2.24) is 0 Å². The fraction of sp³-hybridized carbons (Fsp3) is 0.0769. The van der Waals surface area contributed by atoms with E-state index in [9.17, 15) is 4.79 Å². The molecule has 1 radical (unpaired) electrons. The van der Waals surface area contributed by atoms with E-state index in [1.807, 2.05) is 30.3 Å². The van der Waals surface area contributed by atoms with E-state index in [0.29, 0.717) is 5.56 Å². The molecule has 2 aromatic rings. The summed E-state index contributed by atoms with van der Waals surface area (Å²) in [5, 5.41) is 2.07. The summed E-state index contributed by atoms with van der Waals surface area (Å²) in [6, 6.07) is 11.4. The maximum Gasteiger partial charge on any atom is 0.337 e. The Kier molecular flexibility index (Phi) is 2.42. The average Bonchev–Trinajstić information content (AvgIpc) is 2.28. The quantitative estimate of drug-likeness (QED) is 0.660. The largest absolute Gasteiger partial charge is 0.465 e. The first kappa shape index (κ1) is 9.71. The van der Waals surface area contributed by atoms with Crippen molar-refractivity contribution in [1.29, 1.82) is 0 Å². The molecule has 0 heterocycles. The molecule has 0 saturated carbocycles. The minimum Gasteiger partial charge on any atom is -0.465 e. The van der Waals surface area contributed by atoms with Gasteiger partial charge in [0.05, 0.1) is 12.7 Å². The number of hydrogen-bond donors (Lipinski definition) is 0. The summed E-state index contributed by atoms with van der Waals surface area (Å²) >= 11 is 0. The molecule has 2 heteroatoms. The topological polar surface area (TPSA) is 26.3 Å². The number of rotatable bonds is 1. The molecule has 0 bridgehead atoms. The summed E-state index contributed by atoms with van der Waals surface area (Å²) in [5.74, 6) is -0.328. The minimum atomic E-state index is -0.328. The maximum absolute atomic E-state index is 11.4. The third-order valence-electron chi connectivity index (χ3n) is 2.37. The SMILES string of the molecule is [CH2]c1cc(C(=O)OC)cc2ccccc12. The van der Waals surface area contributed by atoms with Gasteiger partial charge in [-0.2, -0.15) is 0 Å². The van der Waals surface area contributed by atoms with Crippen molar-refractivity contribution in [3.63, 3.8) is 0 Å². The van der Waals surface area contributed by atoms with Gasteiger partial charge >= 0.3 is 5.97 Å². The third-order valence-corrected chi connectivity index (χ3v) is 2.37. The van der Waals surface area contributed by atoms with Gasteiger partial charge in [-0.25, -0.2) is 4.79 Å². The molecule has 2 nitrogen and oxygen atoms in total. The number of hydrogen-bond acceptors (Lipinski definition) is 2. The normalized spacial score (nSPS) is 10.3. The van der Waals surface area contributed by atoms with Crippen LogP contribution in [-0.4, -0.2) is 13.1 Å². The van der Waals surface area contributed by atoms with Crippen molar-refractivity contribution in [2.24, 2.45) is 0 Å². The van der Waals surface area contributed by atoms with Gasteiger partial charge in [0.15, 0.2) is 0 Å². The van der Waals surface area contributed by atoms with Crippen LogP contribution in [0, 0.1) is 6.92 Å². The number of carbonyl (C=O) groups is 1. The number of esters is 1. The van der Waals surface area contributed by atoms with Crippen LogP contribution >= 0.6 is 0 Å². The van der Waals surface area contributed by atoms with Gasteiger partial charge in [0.1, 0.15) is 0 Å². The Balaban J connectivity index is 2.67. The molecule has 0 fully saturated rings. The van der Waals surface area contributed by atoms with E-state index in [1.165, 1.54) is 7.11 Å². The fourth-order valence-corrected chi connectivity index (χ4v) is 1.63. The van der Waals surface area contributed by atoms with E-state index in [2.05, 4.69) is 11.7 Å². The molecule has 0 N–H and O–H groups in total. The van der Waals surface area contributed by atoms with Crippen LogP contribution in [-0.2, 0) is 4.74 Å². The molecule has 0 aliphatic rings. The van der Waals surface area contributed by atoms with Crippen LogP contribution in [0.15, 0.2) is 36.4 Å². The molecule has 0 unspecified atom stereocenters. The van der Waals surface area contributed by atoms with E-state index in [0.717, 1.165) is 16.3 Å². The Morgan fingerprint density at radius 3 is 2.73 bits per heavy atom. The van der Waals surface area contributed by atoms with Crippen LogP contribution < -0.4 is 0 Å². The second kappa shape index (κ2) is 3.73. The number of fused-ring (bicyclic) bond motifs is 1. The average molecular weight is 199 g/mol. The third kappa shape index (κ3) is 1.71. The number of ether oxygens (including phenoxy) is 1. The van der Waals surface area contributed by atoms with E-state index in [4.69, 9.17) is 0 Å².